The van der Waals surface area contributed by atoms with Crippen molar-refractivity contribution >= 4 is 0 Å². The Bertz CT molecular complexity index is 3140. The van der Waals surface area contributed by atoms with Crippen molar-refractivity contribution in [3.63, 3.8) is 0 Å². The fourth-order valence-corrected chi connectivity index (χ4v) is 9.42. The molecule has 0 radical (unpaired) electrons. The highest BCUT2D eigenvalue weighted by Crippen LogP contribution is 2.57. The minimum Gasteiger partial charge on any atom is -0.228 e. The van der Waals surface area contributed by atoms with Gasteiger partial charge in [-0.3, -0.25) is 0 Å². The normalized spacial score (nSPS) is 12.2. The molecular weight excluding hydrogens is 763 g/mol. The van der Waals surface area contributed by atoms with Gasteiger partial charge in [-0.25, -0.2) is 9.97 Å². The van der Waals surface area contributed by atoms with E-state index < -0.39 is 5.41 Å². The Morgan fingerprint density at radius 1 is 0.333 bits per heavy atom. The van der Waals surface area contributed by atoms with Crippen molar-refractivity contribution < 1.29 is 0 Å². The van der Waals surface area contributed by atoms with Crippen molar-refractivity contribution in [3.8, 4) is 84.5 Å². The quantitative estimate of drug-likeness (QED) is 0.154. The minimum absolute atomic E-state index is 0.612. The molecule has 0 bridgehead atoms. The molecule has 0 saturated heterocycles. The predicted octanol–water partition coefficient (Wildman–Crippen LogP) is 14.7. The first kappa shape index (κ1) is 37.5. The molecule has 294 valence electrons. The summed E-state index contributed by atoms with van der Waals surface area (Å²) in [5, 5.41) is 10.4. The van der Waals surface area contributed by atoms with Crippen LogP contribution < -0.4 is 0 Å². The molecule has 10 aromatic rings. The molecule has 0 unspecified atom stereocenters. The molecule has 0 saturated carbocycles. The fraction of sp³-hybridized carbons (Fsp3) is 0.0167. The van der Waals surface area contributed by atoms with Gasteiger partial charge in [-0.05, 0) is 79.4 Å². The van der Waals surface area contributed by atoms with E-state index in [0.717, 1.165) is 83.7 Å². The summed E-state index contributed by atoms with van der Waals surface area (Å²) in [5.74, 6) is 0.661. The Hall–Kier alpha value is -8.45. The lowest BCUT2D eigenvalue weighted by Gasteiger charge is -2.34. The number of benzene rings is 9. The van der Waals surface area contributed by atoms with E-state index in [2.05, 4.69) is 218 Å². The van der Waals surface area contributed by atoms with Crippen LogP contribution in [-0.4, -0.2) is 9.97 Å². The molecule has 0 fully saturated rings. The second kappa shape index (κ2) is 15.9. The van der Waals surface area contributed by atoms with Gasteiger partial charge in [-0.1, -0.05) is 218 Å². The smallest absolute Gasteiger partial charge is 0.160 e. The van der Waals surface area contributed by atoms with Gasteiger partial charge in [0.25, 0.3) is 0 Å². The van der Waals surface area contributed by atoms with Crippen LogP contribution in [0.25, 0.3) is 78.4 Å². The first-order chi connectivity index (χ1) is 31.2. The average molecular weight is 802 g/mol. The highest BCUT2D eigenvalue weighted by atomic mass is 14.9. The van der Waals surface area contributed by atoms with Gasteiger partial charge in [0, 0.05) is 22.3 Å². The third-order valence-electron chi connectivity index (χ3n) is 12.5. The largest absolute Gasteiger partial charge is 0.228 e. The lowest BCUT2D eigenvalue weighted by Crippen LogP contribution is -2.28. The van der Waals surface area contributed by atoms with E-state index in [1.807, 2.05) is 24.3 Å². The van der Waals surface area contributed by atoms with E-state index in [-0.39, 0.29) is 0 Å². The molecular formula is C60H39N3. The Morgan fingerprint density at radius 2 is 0.746 bits per heavy atom. The Balaban J connectivity index is 1.01. The van der Waals surface area contributed by atoms with Gasteiger partial charge in [0.05, 0.1) is 28.4 Å². The van der Waals surface area contributed by atoms with Gasteiger partial charge in [-0.2, -0.15) is 5.26 Å². The molecule has 0 atom stereocenters. The molecule has 9 aromatic carbocycles. The molecule has 1 aliphatic carbocycles. The minimum atomic E-state index is -0.612. The van der Waals surface area contributed by atoms with Crippen LogP contribution in [0.3, 0.4) is 0 Å². The van der Waals surface area contributed by atoms with Crippen LogP contribution in [0.15, 0.2) is 237 Å². The van der Waals surface area contributed by atoms with Crippen LogP contribution in [0.1, 0.15) is 27.8 Å². The maximum absolute atomic E-state index is 10.4. The van der Waals surface area contributed by atoms with Crippen LogP contribution in [0.4, 0.5) is 0 Å². The molecule has 3 nitrogen and oxygen atoms in total. The van der Waals surface area contributed by atoms with Crippen LogP contribution >= 0.6 is 0 Å². The van der Waals surface area contributed by atoms with Gasteiger partial charge in [0.15, 0.2) is 5.82 Å². The van der Waals surface area contributed by atoms with Gasteiger partial charge in [-0.15, -0.1) is 0 Å². The van der Waals surface area contributed by atoms with Crippen molar-refractivity contribution in [2.45, 2.75) is 5.41 Å². The lowest BCUT2D eigenvalue weighted by molar-refractivity contribution is 0.768. The summed E-state index contributed by atoms with van der Waals surface area (Å²) in [7, 11) is 0. The molecule has 0 spiro atoms. The van der Waals surface area contributed by atoms with Crippen LogP contribution in [0, 0.1) is 11.3 Å². The molecule has 1 aromatic heterocycles. The zero-order valence-corrected chi connectivity index (χ0v) is 34.4. The van der Waals surface area contributed by atoms with Crippen molar-refractivity contribution in [1.29, 1.82) is 5.26 Å². The highest BCUT2D eigenvalue weighted by Gasteiger charge is 2.47. The number of aromatic nitrogens is 2. The SMILES string of the molecule is N#Cc1cccc2c1-c1ccc(-c3ccc(-c4nc(-c5ccc(-c6ccccc6)cc5)cc(-c5ccc(-c6ccccc6)cc5)n4)cc3)cc1C2(c1ccccc1)c1ccccc1. The van der Waals surface area contributed by atoms with Crippen molar-refractivity contribution in [3.05, 3.63) is 264 Å². The Kier molecular flexibility index (Phi) is 9.45. The first-order valence-electron chi connectivity index (χ1n) is 21.3. The van der Waals surface area contributed by atoms with Crippen LogP contribution in [0.2, 0.25) is 0 Å². The summed E-state index contributed by atoms with van der Waals surface area (Å²) in [6.45, 7) is 0. The summed E-state index contributed by atoms with van der Waals surface area (Å²) in [6, 6.07) is 85.6. The zero-order valence-electron chi connectivity index (χ0n) is 34.4. The Labute approximate surface area is 368 Å². The van der Waals surface area contributed by atoms with Gasteiger partial charge in [0.1, 0.15) is 0 Å². The number of hydrogen-bond acceptors (Lipinski definition) is 3. The molecule has 0 N–H and O–H groups in total. The second-order valence-corrected chi connectivity index (χ2v) is 16.0. The summed E-state index contributed by atoms with van der Waals surface area (Å²) in [6.07, 6.45) is 0. The topological polar surface area (TPSA) is 49.6 Å². The predicted molar refractivity (Wildman–Crippen MR) is 257 cm³/mol. The molecule has 63 heavy (non-hydrogen) atoms. The number of nitriles is 1. The van der Waals surface area contributed by atoms with E-state index in [4.69, 9.17) is 9.97 Å². The van der Waals surface area contributed by atoms with E-state index >= 15 is 0 Å². The van der Waals surface area contributed by atoms with Crippen LogP contribution in [0.5, 0.6) is 0 Å². The molecule has 3 heteroatoms. The Morgan fingerprint density at radius 3 is 1.24 bits per heavy atom. The molecule has 11 rings (SSSR count). The number of hydrogen-bond donors (Lipinski definition) is 0. The van der Waals surface area contributed by atoms with Crippen molar-refractivity contribution in [2.75, 3.05) is 0 Å². The van der Waals surface area contributed by atoms with E-state index in [1.54, 1.807) is 0 Å². The second-order valence-electron chi connectivity index (χ2n) is 16.0. The molecule has 0 amide bonds. The van der Waals surface area contributed by atoms with Gasteiger partial charge in [0.2, 0.25) is 0 Å². The van der Waals surface area contributed by atoms with E-state index in [9.17, 15) is 5.26 Å². The summed E-state index contributed by atoms with van der Waals surface area (Å²) >= 11 is 0. The maximum Gasteiger partial charge on any atom is 0.160 e. The summed E-state index contributed by atoms with van der Waals surface area (Å²) in [5.41, 5.74) is 18.3. The van der Waals surface area contributed by atoms with Crippen molar-refractivity contribution in [1.82, 2.24) is 9.97 Å². The van der Waals surface area contributed by atoms with Gasteiger partial charge >= 0.3 is 0 Å². The number of nitrogens with zero attached hydrogens (tertiary/aromatic N) is 3. The van der Waals surface area contributed by atoms with Crippen LogP contribution in [-0.2, 0) is 5.41 Å². The lowest BCUT2D eigenvalue weighted by atomic mass is 9.67. The number of fused-ring (bicyclic) bond motifs is 3. The third kappa shape index (κ3) is 6.63. The number of rotatable bonds is 8. The van der Waals surface area contributed by atoms with Gasteiger partial charge < -0.3 is 0 Å². The highest BCUT2D eigenvalue weighted by molar-refractivity contribution is 5.91. The first-order valence-corrected chi connectivity index (χ1v) is 21.3. The van der Waals surface area contributed by atoms with E-state index in [0.29, 0.717) is 11.4 Å². The summed E-state index contributed by atoms with van der Waals surface area (Å²) in [4.78, 5) is 10.4. The third-order valence-corrected chi connectivity index (χ3v) is 12.5. The monoisotopic (exact) mass is 801 g/mol. The molecule has 0 aliphatic heterocycles. The van der Waals surface area contributed by atoms with Crippen molar-refractivity contribution in [2.24, 2.45) is 0 Å². The van der Waals surface area contributed by atoms with E-state index in [1.165, 1.54) is 11.1 Å². The molecule has 1 aliphatic rings. The summed E-state index contributed by atoms with van der Waals surface area (Å²) < 4.78 is 0. The zero-order chi connectivity index (χ0) is 42.2. The average Bonchev–Trinajstić information content (AvgIpc) is 3.68. The standard InChI is InChI=1S/C60H39N3/c61-40-50-18-13-23-54-58(50)53-37-36-49(38-55(53)60(54,51-19-9-3-10-20-51)52-21-11-4-12-22-52)45-28-34-48(35-29-45)59-62-56(46-30-24-43(25-31-46)41-14-5-1-6-15-41)39-57(63-59)47-32-26-44(27-33-47)42-16-7-2-8-17-42/h1-39H. The maximum atomic E-state index is 10.4. The fourth-order valence-electron chi connectivity index (χ4n) is 9.42. The molecule has 1 heterocycles.